The first kappa shape index (κ1) is 199. The molecule has 0 aromatic carbocycles. The van der Waals surface area contributed by atoms with Crippen LogP contribution in [-0.4, -0.2) is 184 Å². The highest BCUT2D eigenvalue weighted by molar-refractivity contribution is 4.99. The van der Waals surface area contributed by atoms with E-state index in [1.165, 1.54) is 90.8 Å². The van der Waals surface area contributed by atoms with Crippen molar-refractivity contribution in [2.75, 3.05) is 139 Å². The highest BCUT2D eigenvalue weighted by Crippen LogP contribution is 1.96. The highest BCUT2D eigenvalue weighted by Gasteiger charge is 2.08. The van der Waals surface area contributed by atoms with E-state index in [1.54, 1.807) is 68.0 Å². The Morgan fingerprint density at radius 2 is 0.461 bits per heavy atom. The summed E-state index contributed by atoms with van der Waals surface area (Å²) in [6, 6.07) is 11.1. The van der Waals surface area contributed by atoms with Crippen LogP contribution < -0.4 is 42.5 Å². The van der Waals surface area contributed by atoms with E-state index >= 15 is 0 Å². The van der Waals surface area contributed by atoms with Gasteiger partial charge in [-0.15, -0.1) is 0 Å². The van der Waals surface area contributed by atoms with Crippen LogP contribution in [0.15, 0.2) is 129 Å². The molecule has 0 unspecified atom stereocenters. The van der Waals surface area contributed by atoms with Crippen LogP contribution in [0, 0.1) is 0 Å². The lowest BCUT2D eigenvalue weighted by molar-refractivity contribution is 0.109. The Kier molecular flexibility index (Phi) is 555. The lowest BCUT2D eigenvalue weighted by Gasteiger charge is -2.28. The number of hydrogen-bond acceptors (Lipinski definition) is 18. The van der Waals surface area contributed by atoms with Gasteiger partial charge < -0.3 is 57.1 Å². The summed E-state index contributed by atoms with van der Waals surface area (Å²) in [4.78, 5) is 23.3. The third-order valence-electron chi connectivity index (χ3n) is 9.13. The predicted molar refractivity (Wildman–Crippen MR) is 558 cm³/mol. The summed E-state index contributed by atoms with van der Waals surface area (Å²) in [5, 5.41) is 32.3. The van der Waals surface area contributed by atoms with Crippen molar-refractivity contribution in [1.29, 1.82) is 0 Å². The number of piperazine rings is 2. The largest absolute Gasteiger partial charge is 0.379 e. The second-order valence-corrected chi connectivity index (χ2v) is 14.9. The molecule has 0 saturated carbocycles. The fourth-order valence-corrected chi connectivity index (χ4v) is 5.37. The molecule has 11 heterocycles. The molecule has 0 amide bonds. The molecule has 720 valence electrons. The first-order valence-corrected chi connectivity index (χ1v) is 43.7. The first-order valence-electron chi connectivity index (χ1n) is 43.7. The van der Waals surface area contributed by atoms with Gasteiger partial charge in [-0.05, 0) is 115 Å². The number of dihydropyridines is 1. The molecule has 0 aliphatic carbocycles. The maximum atomic E-state index is 5.01. The van der Waals surface area contributed by atoms with E-state index in [1.807, 2.05) is 320 Å². The number of allylic oxidation sites excluding steroid dienone is 2. The fraction of sp³-hybridized carbons (Fsp3) is 0.784. The molecule has 115 heavy (non-hydrogen) atoms. The molecule has 11 rings (SSSR count). The maximum Gasteiger partial charge on any atom is 0.115 e. The Morgan fingerprint density at radius 3 is 0.565 bits per heavy atom. The number of ether oxygens (including phenoxy) is 1. The monoisotopic (exact) mass is 1660 g/mol. The minimum atomic E-state index is 0. The van der Waals surface area contributed by atoms with Crippen LogP contribution in [0.2, 0.25) is 0 Å². The molecule has 0 atom stereocenters. The number of nitrogens with zero attached hydrogens (tertiary/aromatic N) is 9. The van der Waals surface area contributed by atoms with E-state index in [2.05, 4.69) is 114 Å². The zero-order valence-electron chi connectivity index (χ0n) is 80.2. The van der Waals surface area contributed by atoms with Crippen molar-refractivity contribution in [3.05, 3.63) is 129 Å². The van der Waals surface area contributed by atoms with Crippen LogP contribution in [0.5, 0.6) is 0 Å². The minimum absolute atomic E-state index is 0. The molecular weight excluding hydrogens is 1420 g/mol. The zero-order chi connectivity index (χ0) is 87.0. The predicted octanol–water partition coefficient (Wildman–Crippen LogP) is 28.7. The Labute approximate surface area is 738 Å². The third kappa shape index (κ3) is 314. The number of pyridine rings is 1. The van der Waals surface area contributed by atoms with Crippen molar-refractivity contribution in [3.8, 4) is 0 Å². The highest BCUT2D eigenvalue weighted by atomic mass is 16.5. The second-order valence-electron chi connectivity index (χ2n) is 14.9. The van der Waals surface area contributed by atoms with E-state index in [0.29, 0.717) is 0 Å². The molecule has 8 N–H and O–H groups in total. The van der Waals surface area contributed by atoms with E-state index in [-0.39, 0.29) is 66.8 Å². The molecule has 6 saturated heterocycles. The summed E-state index contributed by atoms with van der Waals surface area (Å²) in [7, 11) is 4.35. The number of morpholine rings is 1. The quantitative estimate of drug-likeness (QED) is 0.0825. The standard InChI is InChI=1S/C6H14N2.C5H11N.C5H7N.C5H5N.C4H10N2.3C4H4N2.C4H9NO.C4H9N.C3H8N2.20C2H6.9CH4/c1-7-3-5-8(2)6-4-7;3*1-2-4-6-5-3-1;2*1-2-6-4-3-5-1;1-2-5-4-6-3-1;1-2-4-6-5-3-1;1-3-6-4-2-5-1;1-2-4-5-3-1;1-2-5-3-4-1;20*1-2;;;;;;;;;/h3-6H2,1-2H3;6H,1-5H2;2-6H,1H2;1-5H;5-6H,1-4H2;3*1-4H;5H,1-4H2;5H,1-4H2;4-5H,1-3H2;20*1-2H3;9*1H4. The second kappa shape index (κ2) is 320. The number of piperidine rings is 1. The van der Waals surface area contributed by atoms with Crippen molar-refractivity contribution in [3.63, 3.8) is 0 Å². The van der Waals surface area contributed by atoms with Gasteiger partial charge in [-0.3, -0.25) is 15.0 Å². The van der Waals surface area contributed by atoms with Gasteiger partial charge in [-0.25, -0.2) is 9.97 Å². The lowest BCUT2D eigenvalue weighted by Crippen LogP contribution is -2.42. The molecular formula is C97H241N17O. The smallest absolute Gasteiger partial charge is 0.115 e. The van der Waals surface area contributed by atoms with Crippen LogP contribution >= 0.6 is 0 Å². The number of rotatable bonds is 0. The Hall–Kier alpha value is -4.73. The molecule has 18 heteroatoms. The lowest BCUT2D eigenvalue weighted by atomic mass is 10.2. The molecule has 4 aromatic heterocycles. The van der Waals surface area contributed by atoms with Crippen molar-refractivity contribution >= 4 is 0 Å². The van der Waals surface area contributed by atoms with Gasteiger partial charge in [0.15, 0.2) is 0 Å². The SMILES string of the molecule is C.C.C.C.C.C.C.C.C.C1=CNC=CC1.C1CCNC1.C1CCNCC1.C1CNCCN1.C1CNCN1.C1COCCN1.CC.CC.CC.CC.CC.CC.CC.CC.CC.CC.CC.CC.CC.CC.CC.CC.CC.CC.CC.CC.CN1CCN(C)CC1.c1ccncc1.c1ccnnc1.c1cnccn1.c1cncnc1. The van der Waals surface area contributed by atoms with E-state index < -0.39 is 0 Å². The first-order chi connectivity index (χ1) is 52.8. The Balaban J connectivity index is -0.0000000249. The summed E-state index contributed by atoms with van der Waals surface area (Å²) in [6.45, 7) is 102. The van der Waals surface area contributed by atoms with Gasteiger partial charge in [-0.1, -0.05) is 368 Å². The molecule has 18 nitrogen and oxygen atoms in total. The summed E-state index contributed by atoms with van der Waals surface area (Å²) in [5.74, 6) is 0. The third-order valence-corrected chi connectivity index (χ3v) is 9.13. The molecule has 6 fully saturated rings. The van der Waals surface area contributed by atoms with Crippen molar-refractivity contribution in [2.45, 2.75) is 382 Å². The number of nitrogens with one attached hydrogen (secondary N) is 8. The van der Waals surface area contributed by atoms with Crippen molar-refractivity contribution in [2.24, 2.45) is 0 Å². The van der Waals surface area contributed by atoms with E-state index in [9.17, 15) is 0 Å². The van der Waals surface area contributed by atoms with Crippen molar-refractivity contribution in [1.82, 2.24) is 87.5 Å². The fourth-order valence-electron chi connectivity index (χ4n) is 5.37. The van der Waals surface area contributed by atoms with Gasteiger partial charge in [0.25, 0.3) is 0 Å². The van der Waals surface area contributed by atoms with Crippen LogP contribution in [0.3, 0.4) is 0 Å². The van der Waals surface area contributed by atoms with Gasteiger partial charge in [0.1, 0.15) is 6.33 Å². The topological polar surface area (TPSA) is 202 Å². The Morgan fingerprint density at radius 1 is 0.235 bits per heavy atom. The van der Waals surface area contributed by atoms with Gasteiger partial charge in [0.05, 0.1) is 13.2 Å². The normalized spacial score (nSPS) is 11.3. The maximum absolute atomic E-state index is 5.01. The van der Waals surface area contributed by atoms with Crippen LogP contribution in [0.25, 0.3) is 0 Å². The van der Waals surface area contributed by atoms with Crippen molar-refractivity contribution < 1.29 is 4.74 Å². The number of likely N-dealkylation sites (N-methyl/N-ethyl adjacent to an activating group) is 2. The minimum Gasteiger partial charge on any atom is -0.379 e. The average Bonchev–Trinajstić information content (AvgIpc) is 1.36. The van der Waals surface area contributed by atoms with E-state index in [4.69, 9.17) is 4.74 Å². The summed E-state index contributed by atoms with van der Waals surface area (Å²) >= 11 is 0. The van der Waals surface area contributed by atoms with Crippen LogP contribution in [0.1, 0.15) is 382 Å². The average molecular weight is 1660 g/mol. The number of aromatic nitrogens is 7. The molecule has 4 aromatic rings. The molecule has 0 spiro atoms. The Bertz CT molecular complexity index is 1130. The zero-order valence-corrected chi connectivity index (χ0v) is 80.2. The van der Waals surface area contributed by atoms with Crippen LogP contribution in [-0.2, 0) is 4.74 Å². The summed E-state index contributed by atoms with van der Waals surface area (Å²) in [6.07, 6.45) is 34.3. The summed E-state index contributed by atoms with van der Waals surface area (Å²) < 4.78 is 5.01. The number of hydrogen-bond donors (Lipinski definition) is 8. The van der Waals surface area contributed by atoms with E-state index in [0.717, 1.165) is 78.7 Å². The molecule has 7 aliphatic rings. The summed E-state index contributed by atoms with van der Waals surface area (Å²) in [5.41, 5.74) is 0. The van der Waals surface area contributed by atoms with Crippen LogP contribution in [0.4, 0.5) is 0 Å². The molecule has 7 aliphatic heterocycles. The van der Waals surface area contributed by atoms with Gasteiger partial charge >= 0.3 is 0 Å². The molecule has 0 radical (unpaired) electrons. The van der Waals surface area contributed by atoms with Gasteiger partial charge in [-0.2, -0.15) is 10.2 Å². The van der Waals surface area contributed by atoms with Gasteiger partial charge in [0.2, 0.25) is 0 Å². The van der Waals surface area contributed by atoms with Gasteiger partial charge in [0, 0.05) is 147 Å². The molecule has 0 bridgehead atoms.